The Morgan fingerprint density at radius 3 is 2.83 bits per heavy atom. The van der Waals surface area contributed by atoms with Gasteiger partial charge in [0.2, 0.25) is 5.91 Å². The van der Waals surface area contributed by atoms with E-state index < -0.39 is 0 Å². The minimum Gasteiger partial charge on any atom is -0.340 e. The molecule has 1 saturated heterocycles. The van der Waals surface area contributed by atoms with Crippen LogP contribution in [0, 0.1) is 17.2 Å². The molecule has 0 unspecified atom stereocenters. The largest absolute Gasteiger partial charge is 0.340 e. The van der Waals surface area contributed by atoms with Crippen molar-refractivity contribution in [2.75, 3.05) is 13.1 Å². The standard InChI is InChI=1S/C18H17N3O2/c1-2-18(23)21-10-14(11-21)8-16(22)12-20-6-5-15-7-13(9-19)3-4-17(15)20/h2-7,14H,1,8,10-12H2. The number of carbonyl (C=O) groups excluding carboxylic acids is 2. The van der Waals surface area contributed by atoms with Crippen LogP contribution in [0.15, 0.2) is 43.1 Å². The highest BCUT2D eigenvalue weighted by Crippen LogP contribution is 2.21. The number of hydrogen-bond acceptors (Lipinski definition) is 3. The minimum atomic E-state index is -0.0709. The summed E-state index contributed by atoms with van der Waals surface area (Å²) in [6, 6.07) is 9.48. The summed E-state index contributed by atoms with van der Waals surface area (Å²) in [6.07, 6.45) is 3.66. The summed E-state index contributed by atoms with van der Waals surface area (Å²) in [7, 11) is 0. The number of ketones is 1. The zero-order valence-electron chi connectivity index (χ0n) is 12.7. The first-order valence-electron chi connectivity index (χ1n) is 7.52. The molecule has 0 saturated carbocycles. The number of fused-ring (bicyclic) bond motifs is 1. The molecule has 1 aromatic carbocycles. The van der Waals surface area contributed by atoms with E-state index in [0.717, 1.165) is 10.9 Å². The first kappa shape index (κ1) is 15.0. The summed E-state index contributed by atoms with van der Waals surface area (Å²) in [6.45, 7) is 5.05. The molecule has 0 N–H and O–H groups in total. The molecule has 1 aliphatic rings. The van der Waals surface area contributed by atoms with Crippen LogP contribution in [0.1, 0.15) is 12.0 Å². The molecule has 2 aromatic rings. The van der Waals surface area contributed by atoms with Crippen molar-refractivity contribution >= 4 is 22.6 Å². The smallest absolute Gasteiger partial charge is 0.245 e. The molecule has 116 valence electrons. The second kappa shape index (κ2) is 6.09. The Morgan fingerprint density at radius 1 is 1.35 bits per heavy atom. The van der Waals surface area contributed by atoms with Crippen molar-refractivity contribution in [3.8, 4) is 6.07 Å². The van der Waals surface area contributed by atoms with Crippen molar-refractivity contribution in [3.63, 3.8) is 0 Å². The number of benzene rings is 1. The third kappa shape index (κ3) is 3.02. The highest BCUT2D eigenvalue weighted by Gasteiger charge is 2.30. The Kier molecular flexibility index (Phi) is 3.98. The Labute approximate surface area is 134 Å². The van der Waals surface area contributed by atoms with Gasteiger partial charge in [-0.15, -0.1) is 0 Å². The third-order valence-corrected chi connectivity index (χ3v) is 4.21. The minimum absolute atomic E-state index is 0.0709. The van der Waals surface area contributed by atoms with Crippen LogP contribution in [0.3, 0.4) is 0 Å². The van der Waals surface area contributed by atoms with Crippen LogP contribution in [0.25, 0.3) is 10.9 Å². The van der Waals surface area contributed by atoms with Crippen molar-refractivity contribution in [2.45, 2.75) is 13.0 Å². The second-order valence-electron chi connectivity index (χ2n) is 5.89. The maximum atomic E-state index is 12.2. The second-order valence-corrected chi connectivity index (χ2v) is 5.89. The lowest BCUT2D eigenvalue weighted by atomic mass is 9.94. The fourth-order valence-electron chi connectivity index (χ4n) is 2.99. The molecule has 1 amide bonds. The number of amides is 1. The number of carbonyl (C=O) groups is 2. The summed E-state index contributed by atoms with van der Waals surface area (Å²) < 4.78 is 1.91. The van der Waals surface area contributed by atoms with Crippen molar-refractivity contribution in [1.82, 2.24) is 9.47 Å². The Morgan fingerprint density at radius 2 is 2.13 bits per heavy atom. The van der Waals surface area contributed by atoms with Gasteiger partial charge in [0.25, 0.3) is 0 Å². The molecular formula is C18H17N3O2. The van der Waals surface area contributed by atoms with Gasteiger partial charge >= 0.3 is 0 Å². The van der Waals surface area contributed by atoms with E-state index in [2.05, 4.69) is 12.6 Å². The predicted molar refractivity (Wildman–Crippen MR) is 86.5 cm³/mol. The molecule has 23 heavy (non-hydrogen) atoms. The average molecular weight is 307 g/mol. The Bertz CT molecular complexity index is 822. The Balaban J connectivity index is 1.60. The van der Waals surface area contributed by atoms with Crippen LogP contribution in [0.2, 0.25) is 0 Å². The van der Waals surface area contributed by atoms with Crippen LogP contribution >= 0.6 is 0 Å². The fourth-order valence-corrected chi connectivity index (χ4v) is 2.99. The lowest BCUT2D eigenvalue weighted by Crippen LogP contribution is -2.50. The van der Waals surface area contributed by atoms with Crippen molar-refractivity contribution in [2.24, 2.45) is 5.92 Å². The van der Waals surface area contributed by atoms with E-state index in [4.69, 9.17) is 5.26 Å². The molecule has 2 heterocycles. The van der Waals surface area contributed by atoms with Crippen LogP contribution in [-0.2, 0) is 16.1 Å². The van der Waals surface area contributed by atoms with Gasteiger partial charge in [-0.05, 0) is 30.3 Å². The van der Waals surface area contributed by atoms with Crippen LogP contribution in [0.4, 0.5) is 0 Å². The van der Waals surface area contributed by atoms with E-state index in [9.17, 15) is 9.59 Å². The molecule has 5 nitrogen and oxygen atoms in total. The summed E-state index contributed by atoms with van der Waals surface area (Å²) in [4.78, 5) is 25.3. The molecule has 5 heteroatoms. The maximum absolute atomic E-state index is 12.2. The summed E-state index contributed by atoms with van der Waals surface area (Å²) in [5.74, 6) is 0.333. The number of nitriles is 1. The molecule has 0 aliphatic carbocycles. The van der Waals surface area contributed by atoms with Gasteiger partial charge in [0.05, 0.1) is 18.2 Å². The van der Waals surface area contributed by atoms with Gasteiger partial charge in [-0.3, -0.25) is 9.59 Å². The zero-order chi connectivity index (χ0) is 16.4. The van der Waals surface area contributed by atoms with Gasteiger partial charge in [0.1, 0.15) is 0 Å². The normalized spacial score (nSPS) is 14.3. The molecule has 0 radical (unpaired) electrons. The molecule has 1 aliphatic heterocycles. The number of hydrogen-bond donors (Lipinski definition) is 0. The topological polar surface area (TPSA) is 66.1 Å². The zero-order valence-corrected chi connectivity index (χ0v) is 12.7. The van der Waals surface area contributed by atoms with Crippen LogP contribution in [0.5, 0.6) is 0 Å². The first-order chi connectivity index (χ1) is 11.1. The highest BCUT2D eigenvalue weighted by molar-refractivity contribution is 5.88. The van der Waals surface area contributed by atoms with Gasteiger partial charge in [-0.1, -0.05) is 6.58 Å². The van der Waals surface area contributed by atoms with Gasteiger partial charge in [0.15, 0.2) is 5.78 Å². The number of Topliss-reactive ketones (excluding diaryl/α,β-unsaturated/α-hetero) is 1. The van der Waals surface area contributed by atoms with Crippen molar-refractivity contribution < 1.29 is 9.59 Å². The van der Waals surface area contributed by atoms with E-state index in [-0.39, 0.29) is 17.6 Å². The molecule has 0 atom stereocenters. The van der Waals surface area contributed by atoms with Gasteiger partial charge in [0, 0.05) is 42.5 Å². The predicted octanol–water partition coefficient (Wildman–Crippen LogP) is 2.12. The van der Waals surface area contributed by atoms with E-state index in [0.29, 0.717) is 31.6 Å². The Hall–Kier alpha value is -2.87. The molecule has 3 rings (SSSR count). The molecule has 0 bridgehead atoms. The lowest BCUT2D eigenvalue weighted by Gasteiger charge is -2.38. The van der Waals surface area contributed by atoms with Gasteiger partial charge in [-0.25, -0.2) is 0 Å². The van der Waals surface area contributed by atoms with Crippen molar-refractivity contribution in [1.29, 1.82) is 5.26 Å². The van der Waals surface area contributed by atoms with Crippen LogP contribution in [-0.4, -0.2) is 34.2 Å². The first-order valence-corrected chi connectivity index (χ1v) is 7.52. The van der Waals surface area contributed by atoms with Crippen LogP contribution < -0.4 is 0 Å². The number of nitrogens with zero attached hydrogens (tertiary/aromatic N) is 3. The molecule has 1 aromatic heterocycles. The summed E-state index contributed by atoms with van der Waals surface area (Å²) in [5.41, 5.74) is 1.57. The number of rotatable bonds is 5. The lowest BCUT2D eigenvalue weighted by molar-refractivity contribution is -0.134. The summed E-state index contributed by atoms with van der Waals surface area (Å²) in [5, 5.41) is 9.88. The maximum Gasteiger partial charge on any atom is 0.245 e. The van der Waals surface area contributed by atoms with Gasteiger partial charge in [-0.2, -0.15) is 5.26 Å². The fraction of sp³-hybridized carbons (Fsp3) is 0.278. The van der Waals surface area contributed by atoms with E-state index in [1.54, 1.807) is 11.0 Å². The summed E-state index contributed by atoms with van der Waals surface area (Å²) >= 11 is 0. The third-order valence-electron chi connectivity index (χ3n) is 4.21. The number of likely N-dealkylation sites (tertiary alicyclic amines) is 1. The molecular weight excluding hydrogens is 290 g/mol. The van der Waals surface area contributed by atoms with Gasteiger partial charge < -0.3 is 9.47 Å². The van der Waals surface area contributed by atoms with Crippen molar-refractivity contribution in [3.05, 3.63) is 48.7 Å². The molecule has 0 spiro atoms. The SMILES string of the molecule is C=CC(=O)N1CC(CC(=O)Cn2ccc3cc(C#N)ccc32)C1. The number of aromatic nitrogens is 1. The van der Waals surface area contributed by atoms with E-state index >= 15 is 0 Å². The highest BCUT2D eigenvalue weighted by atomic mass is 16.2. The quantitative estimate of drug-likeness (QED) is 0.795. The molecule has 1 fully saturated rings. The van der Waals surface area contributed by atoms with E-state index in [1.807, 2.05) is 29.0 Å². The monoisotopic (exact) mass is 307 g/mol. The van der Waals surface area contributed by atoms with E-state index in [1.165, 1.54) is 6.08 Å². The average Bonchev–Trinajstić information content (AvgIpc) is 2.91.